The number of benzene rings is 2. The Labute approximate surface area is 177 Å². The molecule has 1 aromatic heterocycles. The van der Waals surface area contributed by atoms with Crippen LogP contribution in [0.15, 0.2) is 71.3 Å². The molecule has 0 saturated carbocycles. The lowest BCUT2D eigenvalue weighted by molar-refractivity contribution is -0.117. The van der Waals surface area contributed by atoms with Crippen molar-refractivity contribution < 1.29 is 23.6 Å². The van der Waals surface area contributed by atoms with Crippen molar-refractivity contribution in [2.45, 2.75) is 6.42 Å². The molecule has 0 atom stereocenters. The van der Waals surface area contributed by atoms with Gasteiger partial charge in [-0.25, -0.2) is 0 Å². The Morgan fingerprint density at radius 1 is 0.806 bits per heavy atom. The molecule has 0 aliphatic carbocycles. The van der Waals surface area contributed by atoms with Gasteiger partial charge in [-0.05, 0) is 48.5 Å². The Hall–Kier alpha value is -4.40. The SMILES string of the molecule is NC(=O)CCNC(=O)c1ccccc1NC(=O)c1ccc(NC(=O)c2ccco2)cc1. The van der Waals surface area contributed by atoms with E-state index in [0.29, 0.717) is 16.9 Å². The first-order valence-corrected chi connectivity index (χ1v) is 9.36. The van der Waals surface area contributed by atoms with Gasteiger partial charge in [-0.2, -0.15) is 0 Å². The summed E-state index contributed by atoms with van der Waals surface area (Å²) in [6.07, 6.45) is 1.42. The number of rotatable bonds is 8. The summed E-state index contributed by atoms with van der Waals surface area (Å²) in [7, 11) is 0. The zero-order valence-electron chi connectivity index (χ0n) is 16.4. The number of nitrogens with one attached hydrogen (secondary N) is 3. The first-order chi connectivity index (χ1) is 14.9. The zero-order valence-corrected chi connectivity index (χ0v) is 16.4. The van der Waals surface area contributed by atoms with Gasteiger partial charge in [0, 0.05) is 24.2 Å². The lowest BCUT2D eigenvalue weighted by Crippen LogP contribution is -2.28. The number of furan rings is 1. The molecule has 31 heavy (non-hydrogen) atoms. The summed E-state index contributed by atoms with van der Waals surface area (Å²) in [6, 6.07) is 15.9. The number of carbonyl (C=O) groups excluding carboxylic acids is 4. The third-order valence-corrected chi connectivity index (χ3v) is 4.23. The molecule has 2 aromatic carbocycles. The highest BCUT2D eigenvalue weighted by Gasteiger charge is 2.15. The average molecular weight is 420 g/mol. The molecule has 158 valence electrons. The fourth-order valence-electron chi connectivity index (χ4n) is 2.68. The van der Waals surface area contributed by atoms with Crippen LogP contribution in [0.1, 0.15) is 37.7 Å². The standard InChI is InChI=1S/C22H20N4O5/c23-19(27)11-12-24-21(29)16-4-1-2-5-17(16)26-20(28)14-7-9-15(10-8-14)25-22(30)18-6-3-13-31-18/h1-10,13H,11-12H2,(H2,23,27)(H,24,29)(H,25,30)(H,26,28). The highest BCUT2D eigenvalue weighted by molar-refractivity contribution is 6.09. The fourth-order valence-corrected chi connectivity index (χ4v) is 2.68. The maximum atomic E-state index is 12.6. The number of hydrogen-bond acceptors (Lipinski definition) is 5. The second-order valence-corrected chi connectivity index (χ2v) is 6.48. The molecule has 3 aromatic rings. The first-order valence-electron chi connectivity index (χ1n) is 9.36. The van der Waals surface area contributed by atoms with Crippen LogP contribution in [0.4, 0.5) is 11.4 Å². The Morgan fingerprint density at radius 2 is 1.55 bits per heavy atom. The predicted octanol–water partition coefficient (Wildman–Crippen LogP) is 2.39. The molecule has 0 aliphatic heterocycles. The van der Waals surface area contributed by atoms with Gasteiger partial charge in [0.15, 0.2) is 5.76 Å². The molecular formula is C22H20N4O5. The normalized spacial score (nSPS) is 10.2. The van der Waals surface area contributed by atoms with Crippen molar-refractivity contribution >= 4 is 35.0 Å². The summed E-state index contributed by atoms with van der Waals surface area (Å²) in [4.78, 5) is 47.8. The molecule has 9 heteroatoms. The van der Waals surface area contributed by atoms with Crippen molar-refractivity contribution in [1.29, 1.82) is 0 Å². The lowest BCUT2D eigenvalue weighted by atomic mass is 10.1. The highest BCUT2D eigenvalue weighted by atomic mass is 16.3. The zero-order chi connectivity index (χ0) is 22.2. The van der Waals surface area contributed by atoms with Crippen LogP contribution in [0.25, 0.3) is 0 Å². The van der Waals surface area contributed by atoms with Gasteiger partial charge in [-0.15, -0.1) is 0 Å². The predicted molar refractivity (Wildman–Crippen MR) is 114 cm³/mol. The molecule has 4 amide bonds. The van der Waals surface area contributed by atoms with E-state index in [1.54, 1.807) is 60.7 Å². The number of para-hydroxylation sites is 1. The first kappa shape index (κ1) is 21.3. The number of carbonyl (C=O) groups is 4. The van der Waals surface area contributed by atoms with Crippen molar-refractivity contribution in [2.24, 2.45) is 5.73 Å². The largest absolute Gasteiger partial charge is 0.459 e. The van der Waals surface area contributed by atoms with Crippen LogP contribution in [-0.2, 0) is 4.79 Å². The van der Waals surface area contributed by atoms with Gasteiger partial charge in [0.1, 0.15) is 0 Å². The van der Waals surface area contributed by atoms with Crippen molar-refractivity contribution in [3.8, 4) is 0 Å². The van der Waals surface area contributed by atoms with Crippen LogP contribution in [0.5, 0.6) is 0 Å². The maximum absolute atomic E-state index is 12.6. The smallest absolute Gasteiger partial charge is 0.291 e. The molecule has 1 heterocycles. The minimum absolute atomic E-state index is 0.0169. The van der Waals surface area contributed by atoms with E-state index in [1.807, 2.05) is 0 Å². The van der Waals surface area contributed by atoms with Gasteiger partial charge in [0.05, 0.1) is 17.5 Å². The third-order valence-electron chi connectivity index (χ3n) is 4.23. The van der Waals surface area contributed by atoms with Crippen molar-refractivity contribution in [1.82, 2.24) is 5.32 Å². The molecule has 0 saturated heterocycles. The van der Waals surface area contributed by atoms with Gasteiger partial charge in [-0.1, -0.05) is 12.1 Å². The van der Waals surface area contributed by atoms with Crippen molar-refractivity contribution in [3.63, 3.8) is 0 Å². The van der Waals surface area contributed by atoms with Crippen LogP contribution in [-0.4, -0.2) is 30.2 Å². The highest BCUT2D eigenvalue weighted by Crippen LogP contribution is 2.18. The van der Waals surface area contributed by atoms with E-state index in [4.69, 9.17) is 10.2 Å². The molecule has 0 unspecified atom stereocenters. The summed E-state index contributed by atoms with van der Waals surface area (Å²) < 4.78 is 5.03. The van der Waals surface area contributed by atoms with E-state index >= 15 is 0 Å². The minimum Gasteiger partial charge on any atom is -0.459 e. The number of hydrogen-bond donors (Lipinski definition) is 4. The monoisotopic (exact) mass is 420 g/mol. The van der Waals surface area contributed by atoms with Gasteiger partial charge in [-0.3, -0.25) is 19.2 Å². The van der Waals surface area contributed by atoms with E-state index in [9.17, 15) is 19.2 Å². The lowest BCUT2D eigenvalue weighted by Gasteiger charge is -2.11. The van der Waals surface area contributed by atoms with Gasteiger partial charge >= 0.3 is 0 Å². The molecule has 3 rings (SSSR count). The number of nitrogens with two attached hydrogens (primary N) is 1. The quantitative estimate of drug-likeness (QED) is 0.442. The molecule has 0 spiro atoms. The van der Waals surface area contributed by atoms with Crippen LogP contribution in [0.2, 0.25) is 0 Å². The Kier molecular flexibility index (Phi) is 6.79. The molecule has 0 aliphatic rings. The minimum atomic E-state index is -0.523. The Morgan fingerprint density at radius 3 is 2.23 bits per heavy atom. The molecule has 0 radical (unpaired) electrons. The van der Waals surface area contributed by atoms with E-state index in [1.165, 1.54) is 6.26 Å². The van der Waals surface area contributed by atoms with Crippen LogP contribution in [0.3, 0.4) is 0 Å². The van der Waals surface area contributed by atoms with Crippen molar-refractivity contribution in [3.05, 3.63) is 83.8 Å². The second-order valence-electron chi connectivity index (χ2n) is 6.48. The van der Waals surface area contributed by atoms with Gasteiger partial charge in [0.25, 0.3) is 17.7 Å². The molecular weight excluding hydrogens is 400 g/mol. The third kappa shape index (κ3) is 5.80. The van der Waals surface area contributed by atoms with E-state index in [-0.39, 0.29) is 24.3 Å². The average Bonchev–Trinajstić information content (AvgIpc) is 3.29. The summed E-state index contributed by atoms with van der Waals surface area (Å²) in [5, 5.41) is 7.94. The Balaban J connectivity index is 1.64. The molecule has 5 N–H and O–H groups in total. The van der Waals surface area contributed by atoms with Crippen LogP contribution < -0.4 is 21.7 Å². The summed E-state index contributed by atoms with van der Waals surface area (Å²) in [5.74, 6) is -1.62. The van der Waals surface area contributed by atoms with Crippen LogP contribution >= 0.6 is 0 Å². The summed E-state index contributed by atoms with van der Waals surface area (Å²) in [5.41, 5.74) is 6.46. The topological polar surface area (TPSA) is 144 Å². The molecule has 0 bridgehead atoms. The summed E-state index contributed by atoms with van der Waals surface area (Å²) in [6.45, 7) is 0.0988. The molecule has 9 nitrogen and oxygen atoms in total. The van der Waals surface area contributed by atoms with Gasteiger partial charge in [0.2, 0.25) is 5.91 Å². The Bertz CT molecular complexity index is 1090. The fraction of sp³-hybridized carbons (Fsp3) is 0.0909. The van der Waals surface area contributed by atoms with Crippen molar-refractivity contribution in [2.75, 3.05) is 17.2 Å². The van der Waals surface area contributed by atoms with E-state index in [2.05, 4.69) is 16.0 Å². The number of amides is 4. The molecule has 0 fully saturated rings. The maximum Gasteiger partial charge on any atom is 0.291 e. The number of primary amides is 1. The van der Waals surface area contributed by atoms with Gasteiger partial charge < -0.3 is 26.1 Å². The summed E-state index contributed by atoms with van der Waals surface area (Å²) >= 11 is 0. The van der Waals surface area contributed by atoms with E-state index in [0.717, 1.165) is 0 Å². The van der Waals surface area contributed by atoms with Crippen LogP contribution in [0, 0.1) is 0 Å². The number of anilines is 2. The van der Waals surface area contributed by atoms with E-state index < -0.39 is 23.6 Å². The second kappa shape index (κ2) is 9.88.